The van der Waals surface area contributed by atoms with Crippen molar-refractivity contribution in [2.45, 2.75) is 251 Å². The summed E-state index contributed by atoms with van der Waals surface area (Å²) in [6, 6.07) is 0. The van der Waals surface area contributed by atoms with Crippen LogP contribution in [0.3, 0.4) is 0 Å². The minimum absolute atomic E-state index is 0.165. The summed E-state index contributed by atoms with van der Waals surface area (Å²) in [5, 5.41) is 18.4. The number of carbonyl (C=O) groups is 2. The van der Waals surface area contributed by atoms with Crippen LogP contribution in [0, 0.1) is 5.92 Å². The average molecular weight is 875 g/mol. The van der Waals surface area contributed by atoms with E-state index in [9.17, 15) is 24.2 Å². The molecule has 0 saturated carbocycles. The van der Waals surface area contributed by atoms with Gasteiger partial charge in [0.15, 0.2) is 6.10 Å². The summed E-state index contributed by atoms with van der Waals surface area (Å²) < 4.78 is 38.6. The predicted octanol–water partition coefficient (Wildman–Crippen LogP) is 12.4. The van der Waals surface area contributed by atoms with Crippen LogP contribution in [0.25, 0.3) is 0 Å². The highest BCUT2D eigenvalue weighted by atomic mass is 31.2. The van der Waals surface area contributed by atoms with Gasteiger partial charge in [-0.2, -0.15) is 0 Å². The molecule has 1 aliphatic heterocycles. The number of rotatable bonds is 45. The molecule has 354 valence electrons. The lowest BCUT2D eigenvalue weighted by Crippen LogP contribution is -2.29. The maximum Gasteiger partial charge on any atom is 0.472 e. The highest BCUT2D eigenvalue weighted by molar-refractivity contribution is 7.47. The minimum Gasteiger partial charge on any atom is -0.462 e. The fourth-order valence-electron chi connectivity index (χ4n) is 7.36. The zero-order valence-electron chi connectivity index (χ0n) is 38.6. The van der Waals surface area contributed by atoms with Crippen LogP contribution in [0.15, 0.2) is 12.2 Å². The van der Waals surface area contributed by atoms with Gasteiger partial charge in [0.1, 0.15) is 12.7 Å². The van der Waals surface area contributed by atoms with E-state index in [1.807, 2.05) is 0 Å². The van der Waals surface area contributed by atoms with Crippen molar-refractivity contribution in [3.8, 4) is 0 Å². The van der Waals surface area contributed by atoms with Gasteiger partial charge in [-0.05, 0) is 44.4 Å². The number of phosphoric acid groups is 1. The summed E-state index contributed by atoms with van der Waals surface area (Å²) in [7, 11) is -4.63. The predicted molar refractivity (Wildman–Crippen MR) is 242 cm³/mol. The molecule has 12 heteroatoms. The molecule has 3 unspecified atom stereocenters. The van der Waals surface area contributed by atoms with Gasteiger partial charge in [0.05, 0.1) is 32.0 Å². The molecule has 60 heavy (non-hydrogen) atoms. The largest absolute Gasteiger partial charge is 0.472 e. The second-order valence-electron chi connectivity index (χ2n) is 17.7. The number of aliphatic hydroxyl groups excluding tert-OH is 2. The number of hydrogen-bond donors (Lipinski definition) is 3. The number of allylic oxidation sites excluding steroid dienone is 1. The zero-order valence-corrected chi connectivity index (χ0v) is 39.4. The summed E-state index contributed by atoms with van der Waals surface area (Å²) in [5.74, 6) is -0.0935. The molecule has 0 aliphatic carbocycles. The SMILES string of the molecule is CCCCC/C=C\CC1OC1CCCCCCCC(=O)O[C@H](COC(=O)CCCCCCCCCCCCCCCCCCCCC(C)C)COP(=O)(O)OC[C@@H](O)CO. The second-order valence-corrected chi connectivity index (χ2v) is 19.2. The molecule has 3 N–H and O–H groups in total. The lowest BCUT2D eigenvalue weighted by atomic mass is 10.0. The van der Waals surface area contributed by atoms with Crippen molar-refractivity contribution in [2.75, 3.05) is 26.4 Å². The maximum atomic E-state index is 12.7. The van der Waals surface area contributed by atoms with Gasteiger partial charge in [-0.25, -0.2) is 4.57 Å². The monoisotopic (exact) mass is 875 g/mol. The first-order valence-electron chi connectivity index (χ1n) is 24.6. The molecular formula is C48H91O11P. The number of phosphoric ester groups is 1. The quantitative estimate of drug-likeness (QED) is 0.0176. The number of esters is 2. The van der Waals surface area contributed by atoms with Gasteiger partial charge in [-0.1, -0.05) is 187 Å². The standard InChI is InChI=1S/C48H91O11P/c1-4-5-6-7-24-29-34-45-46(59-45)35-30-25-22-27-32-37-48(52)58-44(41-57-60(53,54)56-39-43(50)38-49)40-55-47(51)36-31-26-21-19-17-15-13-11-9-8-10-12-14-16-18-20-23-28-33-42(2)3/h24,29,42-46,49-50H,4-23,25-28,30-41H2,1-3H3,(H,53,54)/b29-24-/t43-,44+,45?,46?/m0/s1. The van der Waals surface area contributed by atoms with Crippen LogP contribution in [0.5, 0.6) is 0 Å². The Morgan fingerprint density at radius 2 is 1.13 bits per heavy atom. The average Bonchev–Trinajstić information content (AvgIpc) is 3.98. The number of carbonyl (C=O) groups excluding carboxylic acids is 2. The van der Waals surface area contributed by atoms with Crippen molar-refractivity contribution in [2.24, 2.45) is 5.92 Å². The molecule has 0 bridgehead atoms. The molecule has 1 rings (SSSR count). The van der Waals surface area contributed by atoms with Crippen molar-refractivity contribution in [1.82, 2.24) is 0 Å². The molecule has 11 nitrogen and oxygen atoms in total. The van der Waals surface area contributed by atoms with Gasteiger partial charge in [0.25, 0.3) is 0 Å². The van der Waals surface area contributed by atoms with Crippen molar-refractivity contribution in [1.29, 1.82) is 0 Å². The highest BCUT2D eigenvalue weighted by Crippen LogP contribution is 2.43. The Morgan fingerprint density at radius 3 is 1.67 bits per heavy atom. The van der Waals surface area contributed by atoms with E-state index in [4.69, 9.17) is 28.4 Å². The molecule has 1 heterocycles. The molecular weight excluding hydrogens is 783 g/mol. The molecule has 1 saturated heterocycles. The Morgan fingerprint density at radius 1 is 0.633 bits per heavy atom. The first kappa shape index (κ1) is 56.7. The Bertz CT molecular complexity index is 1090. The topological polar surface area (TPSA) is 161 Å². The number of epoxide rings is 1. The van der Waals surface area contributed by atoms with Crippen molar-refractivity contribution in [3.63, 3.8) is 0 Å². The van der Waals surface area contributed by atoms with Crippen LogP contribution in [0.2, 0.25) is 0 Å². The van der Waals surface area contributed by atoms with Gasteiger partial charge in [0, 0.05) is 12.8 Å². The first-order valence-corrected chi connectivity index (χ1v) is 26.1. The van der Waals surface area contributed by atoms with Crippen LogP contribution in [-0.4, -0.2) is 77.9 Å². The van der Waals surface area contributed by atoms with E-state index in [1.54, 1.807) is 0 Å². The summed E-state index contributed by atoms with van der Waals surface area (Å²) >= 11 is 0. The third-order valence-corrected chi connectivity index (χ3v) is 12.2. The lowest BCUT2D eigenvalue weighted by molar-refractivity contribution is -0.161. The van der Waals surface area contributed by atoms with Crippen molar-refractivity contribution < 1.29 is 52.5 Å². The third kappa shape index (κ3) is 37.2. The number of unbranched alkanes of at least 4 members (excludes halogenated alkanes) is 24. The molecule has 1 aliphatic rings. The Hall–Kier alpha value is -1.33. The molecule has 0 aromatic rings. The molecule has 0 spiro atoms. The van der Waals surface area contributed by atoms with Crippen LogP contribution in [0.4, 0.5) is 0 Å². The van der Waals surface area contributed by atoms with Crippen LogP contribution in [-0.2, 0) is 37.4 Å². The summed E-state index contributed by atoms with van der Waals surface area (Å²) in [4.78, 5) is 35.2. The zero-order chi connectivity index (χ0) is 43.9. The molecule has 5 atom stereocenters. The van der Waals surface area contributed by atoms with Crippen molar-refractivity contribution in [3.05, 3.63) is 12.2 Å². The molecule has 0 aromatic carbocycles. The fourth-order valence-corrected chi connectivity index (χ4v) is 8.15. The van der Waals surface area contributed by atoms with Crippen molar-refractivity contribution >= 4 is 19.8 Å². The molecule has 0 amide bonds. The van der Waals surface area contributed by atoms with E-state index in [2.05, 4.69) is 32.9 Å². The van der Waals surface area contributed by atoms with E-state index >= 15 is 0 Å². The first-order chi connectivity index (χ1) is 29.1. The van der Waals surface area contributed by atoms with Gasteiger partial charge in [-0.15, -0.1) is 0 Å². The smallest absolute Gasteiger partial charge is 0.462 e. The Balaban J connectivity index is 2.17. The van der Waals surface area contributed by atoms with E-state index in [0.29, 0.717) is 25.0 Å². The summed E-state index contributed by atoms with van der Waals surface area (Å²) in [6.45, 7) is 4.72. The normalized spacial score (nSPS) is 17.2. The second kappa shape index (κ2) is 39.3. The van der Waals surface area contributed by atoms with Gasteiger partial charge in [-0.3, -0.25) is 18.6 Å². The van der Waals surface area contributed by atoms with E-state index < -0.39 is 51.8 Å². The third-order valence-electron chi connectivity index (χ3n) is 11.3. The molecule has 0 radical (unpaired) electrons. The van der Waals surface area contributed by atoms with Crippen LogP contribution in [0.1, 0.15) is 226 Å². The number of aliphatic hydroxyl groups is 2. The molecule has 1 fully saturated rings. The minimum atomic E-state index is -4.63. The van der Waals surface area contributed by atoms with Gasteiger partial charge in [0.2, 0.25) is 0 Å². The lowest BCUT2D eigenvalue weighted by Gasteiger charge is -2.20. The maximum absolute atomic E-state index is 12.7. The summed E-state index contributed by atoms with van der Waals surface area (Å²) in [5.41, 5.74) is 0. The van der Waals surface area contributed by atoms with Crippen LogP contribution >= 0.6 is 7.82 Å². The van der Waals surface area contributed by atoms with E-state index in [0.717, 1.165) is 70.1 Å². The highest BCUT2D eigenvalue weighted by Gasteiger charge is 2.36. The fraction of sp³-hybridized carbons (Fsp3) is 0.917. The summed E-state index contributed by atoms with van der Waals surface area (Å²) in [6.07, 6.45) is 39.1. The van der Waals surface area contributed by atoms with Gasteiger partial charge >= 0.3 is 19.8 Å². The Kier molecular flexibility index (Phi) is 37.1. The van der Waals surface area contributed by atoms with E-state index in [1.165, 1.54) is 116 Å². The molecule has 0 aromatic heterocycles. The number of ether oxygens (including phenoxy) is 3. The number of hydrogen-bond acceptors (Lipinski definition) is 10. The Labute approximate surface area is 366 Å². The van der Waals surface area contributed by atoms with E-state index in [-0.39, 0.29) is 19.4 Å². The van der Waals surface area contributed by atoms with Gasteiger partial charge < -0.3 is 29.3 Å². The van der Waals surface area contributed by atoms with Crippen LogP contribution < -0.4 is 0 Å².